The van der Waals surface area contributed by atoms with Crippen molar-refractivity contribution >= 4 is 17.5 Å². The lowest BCUT2D eigenvalue weighted by molar-refractivity contribution is -0.149. The summed E-state index contributed by atoms with van der Waals surface area (Å²) in [7, 11) is 1.57. The summed E-state index contributed by atoms with van der Waals surface area (Å²) < 4.78 is 7.34. The number of ether oxygens (including phenoxy) is 1. The first-order chi connectivity index (χ1) is 15.2. The van der Waals surface area contributed by atoms with Crippen molar-refractivity contribution in [3.05, 3.63) is 29.2 Å². The summed E-state index contributed by atoms with van der Waals surface area (Å²) in [5.41, 5.74) is 8.70. The molecule has 0 aromatic carbocycles. The van der Waals surface area contributed by atoms with E-state index in [1.54, 1.807) is 7.11 Å². The average Bonchev–Trinajstić information content (AvgIpc) is 3.38. The van der Waals surface area contributed by atoms with Crippen molar-refractivity contribution in [3.63, 3.8) is 0 Å². The van der Waals surface area contributed by atoms with Gasteiger partial charge in [-0.3, -0.25) is 14.5 Å². The number of nitrogens with zero attached hydrogens (tertiary/aromatic N) is 5. The molecule has 9 nitrogen and oxygen atoms in total. The van der Waals surface area contributed by atoms with Crippen LogP contribution in [0.4, 0.5) is 0 Å². The summed E-state index contributed by atoms with van der Waals surface area (Å²) in [4.78, 5) is 33.2. The normalized spacial score (nSPS) is 20.9. The molecule has 2 saturated heterocycles. The lowest BCUT2D eigenvalue weighted by Crippen LogP contribution is -2.45. The van der Waals surface area contributed by atoms with E-state index in [-0.39, 0.29) is 23.7 Å². The predicted molar refractivity (Wildman–Crippen MR) is 120 cm³/mol. The lowest BCUT2D eigenvalue weighted by atomic mass is 9.96. The Morgan fingerprint density at radius 2 is 1.94 bits per heavy atom. The molecule has 0 aliphatic carbocycles. The number of carbonyl (C=O) groups excluding carboxylic acids is 2. The van der Waals surface area contributed by atoms with E-state index >= 15 is 0 Å². The van der Waals surface area contributed by atoms with E-state index in [1.165, 1.54) is 0 Å². The topological polar surface area (TPSA) is 106 Å². The second kappa shape index (κ2) is 8.78. The summed E-state index contributed by atoms with van der Waals surface area (Å²) in [5.74, 6) is 0.0123. The Morgan fingerprint density at radius 1 is 1.22 bits per heavy atom. The number of primary amides is 1. The molecule has 0 unspecified atom stereocenters. The molecule has 0 spiro atoms. The van der Waals surface area contributed by atoms with Crippen molar-refractivity contribution in [1.82, 2.24) is 24.4 Å². The van der Waals surface area contributed by atoms with Gasteiger partial charge in [-0.25, -0.2) is 9.50 Å². The number of hydrogen-bond donors (Lipinski definition) is 1. The standard InChI is InChI=1S/C23H34N6O3/c1-15-18(14-27-10-6-16(7-11-27)20(24)30)21-25-9-5-19(29(21)26-15)17-8-12-28(13-17)22(31)23(2,3)32-4/h5,9,16-17H,6-8,10-14H2,1-4H3,(H2,24,30)/t17-/m0/s1. The van der Waals surface area contributed by atoms with E-state index < -0.39 is 5.60 Å². The van der Waals surface area contributed by atoms with Crippen LogP contribution in [0.3, 0.4) is 0 Å². The third-order valence-corrected chi connectivity index (χ3v) is 7.13. The minimum Gasteiger partial charge on any atom is -0.369 e. The maximum absolute atomic E-state index is 12.8. The van der Waals surface area contributed by atoms with E-state index in [0.29, 0.717) is 13.1 Å². The van der Waals surface area contributed by atoms with Crippen LogP contribution in [0, 0.1) is 12.8 Å². The van der Waals surface area contributed by atoms with Crippen LogP contribution in [-0.4, -0.2) is 75.1 Å². The van der Waals surface area contributed by atoms with Gasteiger partial charge in [0.05, 0.1) is 11.4 Å². The van der Waals surface area contributed by atoms with Gasteiger partial charge in [0, 0.05) is 50.3 Å². The number of hydrogen-bond acceptors (Lipinski definition) is 6. The van der Waals surface area contributed by atoms with Gasteiger partial charge in [0.1, 0.15) is 5.60 Å². The molecule has 2 aromatic rings. The van der Waals surface area contributed by atoms with Crippen molar-refractivity contribution < 1.29 is 14.3 Å². The van der Waals surface area contributed by atoms with Crippen LogP contribution in [0.25, 0.3) is 5.65 Å². The zero-order valence-corrected chi connectivity index (χ0v) is 19.5. The van der Waals surface area contributed by atoms with Crippen LogP contribution in [-0.2, 0) is 20.9 Å². The number of rotatable bonds is 6. The Balaban J connectivity index is 1.52. The minimum absolute atomic E-state index is 0.0166. The molecule has 1 atom stereocenters. The largest absolute Gasteiger partial charge is 0.369 e. The van der Waals surface area contributed by atoms with Gasteiger partial charge < -0.3 is 15.4 Å². The molecular formula is C23H34N6O3. The quantitative estimate of drug-likeness (QED) is 0.726. The average molecular weight is 443 g/mol. The zero-order valence-electron chi connectivity index (χ0n) is 19.5. The van der Waals surface area contributed by atoms with Crippen LogP contribution in [0.1, 0.15) is 56.0 Å². The van der Waals surface area contributed by atoms with Gasteiger partial charge in [0.15, 0.2) is 5.65 Å². The first kappa shape index (κ1) is 22.7. The van der Waals surface area contributed by atoms with Crippen molar-refractivity contribution in [2.45, 2.75) is 58.1 Å². The van der Waals surface area contributed by atoms with E-state index in [4.69, 9.17) is 15.6 Å². The van der Waals surface area contributed by atoms with E-state index in [9.17, 15) is 9.59 Å². The number of amides is 2. The van der Waals surface area contributed by atoms with E-state index in [1.807, 2.05) is 42.4 Å². The highest BCUT2D eigenvalue weighted by Crippen LogP contribution is 2.30. The fraction of sp³-hybridized carbons (Fsp3) is 0.652. The summed E-state index contributed by atoms with van der Waals surface area (Å²) in [6.45, 7) is 9.45. The Kier molecular flexibility index (Phi) is 6.22. The molecule has 2 N–H and O–H groups in total. The van der Waals surface area contributed by atoms with Gasteiger partial charge in [0.2, 0.25) is 5.91 Å². The predicted octanol–water partition coefficient (Wildman–Crippen LogP) is 1.48. The summed E-state index contributed by atoms with van der Waals surface area (Å²) in [6, 6.07) is 2.02. The SMILES string of the molecule is COC(C)(C)C(=O)N1CC[C@H](c2ccnc3c(CN4CCC(C(N)=O)CC4)c(C)nn23)C1. The molecule has 2 fully saturated rings. The van der Waals surface area contributed by atoms with Gasteiger partial charge in [-0.15, -0.1) is 0 Å². The van der Waals surface area contributed by atoms with Crippen LogP contribution < -0.4 is 5.73 Å². The molecule has 2 amide bonds. The molecule has 2 aliphatic rings. The van der Waals surface area contributed by atoms with Crippen LogP contribution >= 0.6 is 0 Å². The molecule has 4 heterocycles. The lowest BCUT2D eigenvalue weighted by Gasteiger charge is -2.30. The molecule has 0 radical (unpaired) electrons. The molecular weight excluding hydrogens is 408 g/mol. The number of piperidine rings is 1. The molecule has 32 heavy (non-hydrogen) atoms. The summed E-state index contributed by atoms with van der Waals surface area (Å²) >= 11 is 0. The van der Waals surface area contributed by atoms with Crippen LogP contribution in [0.5, 0.6) is 0 Å². The number of fused-ring (bicyclic) bond motifs is 1. The number of aromatic nitrogens is 3. The Bertz CT molecular complexity index is 1010. The third kappa shape index (κ3) is 4.23. The maximum atomic E-state index is 12.8. The fourth-order valence-corrected chi connectivity index (χ4v) is 4.86. The zero-order chi connectivity index (χ0) is 23.0. The minimum atomic E-state index is -0.820. The summed E-state index contributed by atoms with van der Waals surface area (Å²) in [5, 5.41) is 4.83. The van der Waals surface area contributed by atoms with Crippen molar-refractivity contribution in [3.8, 4) is 0 Å². The van der Waals surface area contributed by atoms with Crippen LogP contribution in [0.2, 0.25) is 0 Å². The highest BCUT2D eigenvalue weighted by atomic mass is 16.5. The molecule has 174 valence electrons. The first-order valence-electron chi connectivity index (χ1n) is 11.4. The number of aryl methyl sites for hydroxylation is 1. The second-order valence-corrected chi connectivity index (χ2v) is 9.57. The Hall–Kier alpha value is -2.52. The van der Waals surface area contributed by atoms with E-state index in [0.717, 1.165) is 61.5 Å². The highest BCUT2D eigenvalue weighted by molar-refractivity contribution is 5.84. The smallest absolute Gasteiger partial charge is 0.254 e. The van der Waals surface area contributed by atoms with Gasteiger partial charge in [-0.2, -0.15) is 5.10 Å². The molecule has 0 bridgehead atoms. The molecule has 2 aromatic heterocycles. The molecule has 2 aliphatic heterocycles. The Morgan fingerprint density at radius 3 is 2.59 bits per heavy atom. The van der Waals surface area contributed by atoms with Gasteiger partial charge >= 0.3 is 0 Å². The van der Waals surface area contributed by atoms with Crippen molar-refractivity contribution in [2.24, 2.45) is 11.7 Å². The Labute approximate surface area is 188 Å². The number of likely N-dealkylation sites (tertiary alicyclic amines) is 2. The monoisotopic (exact) mass is 442 g/mol. The maximum Gasteiger partial charge on any atom is 0.254 e. The molecule has 0 saturated carbocycles. The number of methoxy groups -OCH3 is 1. The molecule has 4 rings (SSSR count). The molecule has 9 heteroatoms. The van der Waals surface area contributed by atoms with E-state index in [2.05, 4.69) is 9.88 Å². The third-order valence-electron chi connectivity index (χ3n) is 7.13. The van der Waals surface area contributed by atoms with Crippen LogP contribution in [0.15, 0.2) is 12.3 Å². The fourth-order valence-electron chi connectivity index (χ4n) is 4.86. The number of carbonyl (C=O) groups is 2. The number of nitrogens with two attached hydrogens (primary N) is 1. The highest BCUT2D eigenvalue weighted by Gasteiger charge is 2.37. The van der Waals surface area contributed by atoms with Crippen molar-refractivity contribution in [1.29, 1.82) is 0 Å². The van der Waals surface area contributed by atoms with Gasteiger partial charge in [-0.1, -0.05) is 0 Å². The second-order valence-electron chi connectivity index (χ2n) is 9.57. The van der Waals surface area contributed by atoms with Gasteiger partial charge in [0.25, 0.3) is 5.91 Å². The summed E-state index contributed by atoms with van der Waals surface area (Å²) in [6.07, 6.45) is 4.34. The van der Waals surface area contributed by atoms with Gasteiger partial charge in [-0.05, 0) is 59.2 Å². The first-order valence-corrected chi connectivity index (χ1v) is 11.4. The van der Waals surface area contributed by atoms with Crippen molar-refractivity contribution in [2.75, 3.05) is 33.3 Å².